The first-order chi connectivity index (χ1) is 8.10. The van der Waals surface area contributed by atoms with Gasteiger partial charge in [-0.25, -0.2) is 4.39 Å². The lowest BCUT2D eigenvalue weighted by atomic mass is 9.89. The van der Waals surface area contributed by atoms with Crippen molar-refractivity contribution in [3.8, 4) is 0 Å². The van der Waals surface area contributed by atoms with Crippen molar-refractivity contribution < 1.29 is 13.9 Å². The minimum atomic E-state index is -0.514. The van der Waals surface area contributed by atoms with E-state index in [2.05, 4.69) is 21.2 Å². The Bertz CT molecular complexity index is 433. The maximum Gasteiger partial charge on any atom is 0.254 e. The number of hydrogen-bond donors (Lipinski definition) is 1. The highest BCUT2D eigenvalue weighted by Crippen LogP contribution is 2.23. The Morgan fingerprint density at radius 3 is 2.82 bits per heavy atom. The van der Waals surface area contributed by atoms with Gasteiger partial charge in [-0.2, -0.15) is 0 Å². The number of ether oxygens (including phenoxy) is 1. The molecular formula is C12H13BrFNO2. The first-order valence-corrected chi connectivity index (χ1v) is 6.18. The molecule has 1 fully saturated rings. The van der Waals surface area contributed by atoms with Crippen LogP contribution in [-0.2, 0) is 4.74 Å². The summed E-state index contributed by atoms with van der Waals surface area (Å²) in [7, 11) is 1.65. The van der Waals surface area contributed by atoms with Crippen molar-refractivity contribution >= 4 is 21.8 Å². The summed E-state index contributed by atoms with van der Waals surface area (Å²) in [5.41, 5.74) is 0.0778. The van der Waals surface area contributed by atoms with E-state index in [0.717, 1.165) is 12.8 Å². The summed E-state index contributed by atoms with van der Waals surface area (Å²) in [4.78, 5) is 11.8. The Morgan fingerprint density at radius 2 is 2.24 bits per heavy atom. The van der Waals surface area contributed by atoms with E-state index in [-0.39, 0.29) is 23.6 Å². The summed E-state index contributed by atoms with van der Waals surface area (Å²) in [5, 5.41) is 2.78. The maximum atomic E-state index is 13.5. The second-order valence-electron chi connectivity index (χ2n) is 4.12. The first-order valence-electron chi connectivity index (χ1n) is 5.39. The summed E-state index contributed by atoms with van der Waals surface area (Å²) in [6, 6.07) is 4.50. The van der Waals surface area contributed by atoms with E-state index < -0.39 is 5.82 Å². The van der Waals surface area contributed by atoms with E-state index in [1.165, 1.54) is 12.1 Å². The molecule has 5 heteroatoms. The fourth-order valence-corrected chi connectivity index (χ4v) is 2.15. The minimum Gasteiger partial charge on any atom is -0.381 e. The second-order valence-corrected chi connectivity index (χ2v) is 5.04. The smallest absolute Gasteiger partial charge is 0.254 e. The molecule has 0 aromatic heterocycles. The molecule has 1 aliphatic rings. The van der Waals surface area contributed by atoms with E-state index in [4.69, 9.17) is 4.74 Å². The predicted molar refractivity (Wildman–Crippen MR) is 65.4 cm³/mol. The molecule has 0 atom stereocenters. The average Bonchev–Trinajstić information content (AvgIpc) is 2.22. The van der Waals surface area contributed by atoms with Gasteiger partial charge in [0.05, 0.1) is 11.7 Å². The molecule has 0 spiro atoms. The van der Waals surface area contributed by atoms with Crippen molar-refractivity contribution in [2.45, 2.75) is 25.0 Å². The number of carbonyl (C=O) groups excluding carboxylic acids is 1. The largest absolute Gasteiger partial charge is 0.381 e. The molecular weight excluding hydrogens is 289 g/mol. The SMILES string of the molecule is COC1CC(NC(=O)c2ccc(Br)cc2F)C1. The molecule has 0 saturated heterocycles. The van der Waals surface area contributed by atoms with E-state index in [1.54, 1.807) is 13.2 Å². The molecule has 1 aliphatic carbocycles. The number of amides is 1. The number of methoxy groups -OCH3 is 1. The van der Waals surface area contributed by atoms with E-state index >= 15 is 0 Å². The molecule has 0 heterocycles. The summed E-state index contributed by atoms with van der Waals surface area (Å²) < 4.78 is 19.2. The van der Waals surface area contributed by atoms with Crippen LogP contribution in [0.3, 0.4) is 0 Å². The van der Waals surface area contributed by atoms with E-state index in [0.29, 0.717) is 4.47 Å². The molecule has 0 bridgehead atoms. The zero-order valence-corrected chi connectivity index (χ0v) is 11.0. The molecule has 3 nitrogen and oxygen atoms in total. The monoisotopic (exact) mass is 301 g/mol. The number of halogens is 2. The normalized spacial score (nSPS) is 23.0. The molecule has 17 heavy (non-hydrogen) atoms. The van der Waals surface area contributed by atoms with Gasteiger partial charge in [0.1, 0.15) is 5.82 Å². The molecule has 92 valence electrons. The van der Waals surface area contributed by atoms with Crippen LogP contribution in [0.15, 0.2) is 22.7 Å². The van der Waals surface area contributed by atoms with Crippen LogP contribution in [0.1, 0.15) is 23.2 Å². The average molecular weight is 302 g/mol. The van der Waals surface area contributed by atoms with Crippen molar-refractivity contribution in [3.63, 3.8) is 0 Å². The molecule has 1 aromatic rings. The molecule has 1 aromatic carbocycles. The number of nitrogens with one attached hydrogen (secondary N) is 1. The number of rotatable bonds is 3. The Kier molecular flexibility index (Phi) is 3.79. The van der Waals surface area contributed by atoms with Crippen molar-refractivity contribution in [1.29, 1.82) is 0 Å². The van der Waals surface area contributed by atoms with Gasteiger partial charge in [0, 0.05) is 17.6 Å². The van der Waals surface area contributed by atoms with Crippen LogP contribution in [0.5, 0.6) is 0 Å². The van der Waals surface area contributed by atoms with Crippen LogP contribution >= 0.6 is 15.9 Å². The summed E-state index contributed by atoms with van der Waals surface area (Å²) in [5.74, 6) is -0.881. The molecule has 1 amide bonds. The zero-order chi connectivity index (χ0) is 12.4. The Labute approximate surface area is 107 Å². The Morgan fingerprint density at radius 1 is 1.53 bits per heavy atom. The van der Waals surface area contributed by atoms with Gasteiger partial charge < -0.3 is 10.1 Å². The minimum absolute atomic E-state index is 0.0778. The fourth-order valence-electron chi connectivity index (χ4n) is 1.81. The highest BCUT2D eigenvalue weighted by atomic mass is 79.9. The van der Waals surface area contributed by atoms with Crippen LogP contribution < -0.4 is 5.32 Å². The number of hydrogen-bond acceptors (Lipinski definition) is 2. The molecule has 0 aliphatic heterocycles. The highest BCUT2D eigenvalue weighted by Gasteiger charge is 2.30. The first kappa shape index (κ1) is 12.5. The van der Waals surface area contributed by atoms with Crippen LogP contribution in [0.2, 0.25) is 0 Å². The van der Waals surface area contributed by atoms with Gasteiger partial charge in [0.2, 0.25) is 0 Å². The standard InChI is InChI=1S/C12H13BrFNO2/c1-17-9-5-8(6-9)15-12(16)10-3-2-7(13)4-11(10)14/h2-4,8-9H,5-6H2,1H3,(H,15,16). The van der Waals surface area contributed by atoms with Gasteiger partial charge in [-0.3, -0.25) is 4.79 Å². The molecule has 1 N–H and O–H groups in total. The van der Waals surface area contributed by atoms with Gasteiger partial charge >= 0.3 is 0 Å². The predicted octanol–water partition coefficient (Wildman–Crippen LogP) is 2.50. The van der Waals surface area contributed by atoms with Gasteiger partial charge in [-0.1, -0.05) is 15.9 Å². The molecule has 0 unspecified atom stereocenters. The molecule has 0 radical (unpaired) electrons. The Balaban J connectivity index is 1.96. The quantitative estimate of drug-likeness (QED) is 0.931. The van der Waals surface area contributed by atoms with Gasteiger partial charge in [0.25, 0.3) is 5.91 Å². The fraction of sp³-hybridized carbons (Fsp3) is 0.417. The van der Waals surface area contributed by atoms with Crippen molar-refractivity contribution in [1.82, 2.24) is 5.32 Å². The highest BCUT2D eigenvalue weighted by molar-refractivity contribution is 9.10. The third kappa shape index (κ3) is 2.84. The second kappa shape index (κ2) is 5.14. The van der Waals surface area contributed by atoms with Gasteiger partial charge in [0.15, 0.2) is 0 Å². The lowest BCUT2D eigenvalue weighted by Gasteiger charge is -2.34. The zero-order valence-electron chi connectivity index (χ0n) is 9.37. The molecule has 1 saturated carbocycles. The van der Waals surface area contributed by atoms with Crippen LogP contribution in [0.4, 0.5) is 4.39 Å². The van der Waals surface area contributed by atoms with Gasteiger partial charge in [-0.05, 0) is 31.0 Å². The third-order valence-corrected chi connectivity index (χ3v) is 3.43. The lowest BCUT2D eigenvalue weighted by Crippen LogP contribution is -2.47. The topological polar surface area (TPSA) is 38.3 Å². The maximum absolute atomic E-state index is 13.5. The van der Waals surface area contributed by atoms with Crippen LogP contribution in [0, 0.1) is 5.82 Å². The number of benzene rings is 1. The summed E-state index contributed by atoms with van der Waals surface area (Å²) in [6.07, 6.45) is 1.80. The van der Waals surface area contributed by atoms with Crippen LogP contribution in [-0.4, -0.2) is 25.2 Å². The van der Waals surface area contributed by atoms with Crippen molar-refractivity contribution in [3.05, 3.63) is 34.1 Å². The van der Waals surface area contributed by atoms with Crippen molar-refractivity contribution in [2.24, 2.45) is 0 Å². The van der Waals surface area contributed by atoms with Crippen molar-refractivity contribution in [2.75, 3.05) is 7.11 Å². The Hall–Kier alpha value is -0.940. The van der Waals surface area contributed by atoms with E-state index in [1.807, 2.05) is 0 Å². The number of carbonyl (C=O) groups is 1. The van der Waals surface area contributed by atoms with Crippen LogP contribution in [0.25, 0.3) is 0 Å². The van der Waals surface area contributed by atoms with Gasteiger partial charge in [-0.15, -0.1) is 0 Å². The summed E-state index contributed by atoms with van der Waals surface area (Å²) in [6.45, 7) is 0. The lowest BCUT2D eigenvalue weighted by molar-refractivity contribution is 0.0175. The van der Waals surface area contributed by atoms with E-state index in [9.17, 15) is 9.18 Å². The third-order valence-electron chi connectivity index (χ3n) is 2.94. The summed E-state index contributed by atoms with van der Waals surface area (Å²) >= 11 is 3.15. The molecule has 2 rings (SSSR count).